The summed E-state index contributed by atoms with van der Waals surface area (Å²) in [6.07, 6.45) is 5.12. The van der Waals surface area contributed by atoms with Gasteiger partial charge in [0, 0.05) is 11.8 Å². The van der Waals surface area contributed by atoms with E-state index in [0.29, 0.717) is 17.9 Å². The fourth-order valence-electron chi connectivity index (χ4n) is 5.06. The summed E-state index contributed by atoms with van der Waals surface area (Å²) in [5.74, 6) is -0.319. The number of rotatable bonds is 2. The van der Waals surface area contributed by atoms with E-state index in [1.807, 2.05) is 12.1 Å². The van der Waals surface area contributed by atoms with Gasteiger partial charge in [-0.3, -0.25) is 24.6 Å². The van der Waals surface area contributed by atoms with Crippen LogP contribution in [0, 0.1) is 0 Å². The molecule has 3 heterocycles. The third kappa shape index (κ3) is 3.12. The van der Waals surface area contributed by atoms with Crippen molar-refractivity contribution in [1.29, 1.82) is 0 Å². The predicted molar refractivity (Wildman–Crippen MR) is 111 cm³/mol. The highest BCUT2D eigenvalue weighted by Gasteiger charge is 2.40. The van der Waals surface area contributed by atoms with Crippen molar-refractivity contribution < 1.29 is 14.4 Å². The Morgan fingerprint density at radius 2 is 1.76 bits per heavy atom. The van der Waals surface area contributed by atoms with Gasteiger partial charge in [0.15, 0.2) is 0 Å². The molecule has 6 heteroatoms. The summed E-state index contributed by atoms with van der Waals surface area (Å²) < 4.78 is 0. The summed E-state index contributed by atoms with van der Waals surface area (Å²) >= 11 is 0. The Bertz CT molecular complexity index is 1010. The lowest BCUT2D eigenvalue weighted by molar-refractivity contribution is -0.134. The summed E-state index contributed by atoms with van der Waals surface area (Å²) in [6.45, 7) is 2.09. The fraction of sp³-hybridized carbons (Fsp3) is 0.435. The molecule has 1 unspecified atom stereocenters. The van der Waals surface area contributed by atoms with Crippen LogP contribution in [0.2, 0.25) is 0 Å². The Morgan fingerprint density at radius 1 is 0.966 bits per heavy atom. The molecule has 0 saturated carbocycles. The van der Waals surface area contributed by atoms with Crippen molar-refractivity contribution in [3.8, 4) is 0 Å². The highest BCUT2D eigenvalue weighted by molar-refractivity contribution is 6.27. The van der Waals surface area contributed by atoms with Gasteiger partial charge in [-0.25, -0.2) is 0 Å². The zero-order chi connectivity index (χ0) is 20.0. The van der Waals surface area contributed by atoms with Crippen LogP contribution in [-0.2, 0) is 9.59 Å². The quantitative estimate of drug-likeness (QED) is 0.772. The van der Waals surface area contributed by atoms with Gasteiger partial charge in [0.05, 0.1) is 11.3 Å². The van der Waals surface area contributed by atoms with Crippen LogP contribution in [0.1, 0.15) is 60.4 Å². The predicted octanol–water partition coefficient (Wildman–Crippen LogP) is 2.85. The van der Waals surface area contributed by atoms with Crippen molar-refractivity contribution in [3.05, 3.63) is 41.5 Å². The summed E-state index contributed by atoms with van der Waals surface area (Å²) in [5, 5.41) is 7.82. The van der Waals surface area contributed by atoms with Crippen molar-refractivity contribution in [3.63, 3.8) is 0 Å². The second-order valence-corrected chi connectivity index (χ2v) is 8.32. The van der Waals surface area contributed by atoms with Gasteiger partial charge < -0.3 is 5.32 Å². The lowest BCUT2D eigenvalue weighted by Gasteiger charge is -2.30. The number of anilines is 1. The van der Waals surface area contributed by atoms with Gasteiger partial charge >= 0.3 is 0 Å². The minimum absolute atomic E-state index is 0.125. The van der Waals surface area contributed by atoms with E-state index in [0.717, 1.165) is 55.2 Å². The molecule has 0 aromatic heterocycles. The Hall–Kier alpha value is -2.73. The first-order valence-electron chi connectivity index (χ1n) is 10.6. The molecule has 2 aromatic rings. The topological polar surface area (TPSA) is 78.5 Å². The smallest absolute Gasteiger partial charge is 0.259 e. The zero-order valence-electron chi connectivity index (χ0n) is 16.4. The number of benzene rings is 2. The summed E-state index contributed by atoms with van der Waals surface area (Å²) in [4.78, 5) is 39.0. The molecule has 2 fully saturated rings. The highest BCUT2D eigenvalue weighted by atomic mass is 16.2. The van der Waals surface area contributed by atoms with Crippen LogP contribution in [0.15, 0.2) is 30.3 Å². The molecule has 2 aromatic carbocycles. The summed E-state index contributed by atoms with van der Waals surface area (Å²) in [5.41, 5.74) is 2.70. The van der Waals surface area contributed by atoms with Gasteiger partial charge in [0.1, 0.15) is 6.04 Å². The molecule has 0 radical (unpaired) electrons. The Balaban J connectivity index is 1.55. The van der Waals surface area contributed by atoms with E-state index in [4.69, 9.17) is 0 Å². The maximum Gasteiger partial charge on any atom is 0.259 e. The molecular weight excluding hydrogens is 366 g/mol. The molecule has 0 spiro atoms. The number of nitrogens with zero attached hydrogens (tertiary/aromatic N) is 1. The first kappa shape index (κ1) is 18.3. The van der Waals surface area contributed by atoms with E-state index >= 15 is 0 Å². The van der Waals surface area contributed by atoms with E-state index in [1.54, 1.807) is 4.90 Å². The van der Waals surface area contributed by atoms with E-state index < -0.39 is 6.04 Å². The van der Waals surface area contributed by atoms with Crippen LogP contribution in [-0.4, -0.2) is 36.9 Å². The molecule has 0 bridgehead atoms. The SMILES string of the molecule is O=C1CCC(N2C(=O)c3cc(C4CCCNCCC4)cc4cccc2c34)C(=O)N1. The van der Waals surface area contributed by atoms with Crippen LogP contribution in [0.25, 0.3) is 10.8 Å². The first-order valence-corrected chi connectivity index (χ1v) is 10.6. The van der Waals surface area contributed by atoms with E-state index in [2.05, 4.69) is 28.8 Å². The van der Waals surface area contributed by atoms with E-state index in [9.17, 15) is 14.4 Å². The normalized spacial score (nSPS) is 23.2. The van der Waals surface area contributed by atoms with Gasteiger partial charge in [-0.2, -0.15) is 0 Å². The van der Waals surface area contributed by atoms with Crippen LogP contribution in [0.3, 0.4) is 0 Å². The van der Waals surface area contributed by atoms with Gasteiger partial charge in [0.25, 0.3) is 5.91 Å². The third-order valence-electron chi connectivity index (χ3n) is 6.49. The second-order valence-electron chi connectivity index (χ2n) is 8.32. The maximum atomic E-state index is 13.4. The van der Waals surface area contributed by atoms with E-state index in [-0.39, 0.29) is 24.1 Å². The number of hydrogen-bond donors (Lipinski definition) is 2. The zero-order valence-corrected chi connectivity index (χ0v) is 16.4. The van der Waals surface area contributed by atoms with Crippen molar-refractivity contribution in [1.82, 2.24) is 10.6 Å². The van der Waals surface area contributed by atoms with Crippen LogP contribution in [0.5, 0.6) is 0 Å². The first-order chi connectivity index (χ1) is 14.1. The molecule has 2 N–H and O–H groups in total. The van der Waals surface area contributed by atoms with Gasteiger partial charge in [0.2, 0.25) is 11.8 Å². The molecule has 150 valence electrons. The number of piperidine rings is 1. The third-order valence-corrected chi connectivity index (χ3v) is 6.49. The molecule has 1 atom stereocenters. The second kappa shape index (κ2) is 7.26. The average Bonchev–Trinajstić information content (AvgIpc) is 2.95. The van der Waals surface area contributed by atoms with Gasteiger partial charge in [-0.05, 0) is 74.2 Å². The van der Waals surface area contributed by atoms with Crippen LogP contribution >= 0.6 is 0 Å². The maximum absolute atomic E-state index is 13.4. The minimum Gasteiger partial charge on any atom is -0.317 e. The van der Waals surface area contributed by atoms with Crippen LogP contribution < -0.4 is 15.5 Å². The Kier molecular flexibility index (Phi) is 4.59. The standard InChI is InChI=1S/C23H25N3O3/c27-20-9-8-19(22(28)25-20)26-18-7-1-4-15-12-16(13-17(21(15)18)23(26)29)14-5-2-10-24-11-3-6-14/h1,4,7,12-14,19,24H,2-3,5-6,8-11H2,(H,25,27,28). The molecule has 2 saturated heterocycles. The molecular formula is C23H25N3O3. The summed E-state index contributed by atoms with van der Waals surface area (Å²) in [7, 11) is 0. The summed E-state index contributed by atoms with van der Waals surface area (Å²) in [6, 6.07) is 9.56. The van der Waals surface area contributed by atoms with Gasteiger partial charge in [-0.15, -0.1) is 0 Å². The van der Waals surface area contributed by atoms with Crippen molar-refractivity contribution in [2.45, 2.75) is 50.5 Å². The number of carbonyl (C=O) groups excluding carboxylic acids is 3. The number of amides is 3. The Labute approximate surface area is 169 Å². The largest absolute Gasteiger partial charge is 0.317 e. The molecule has 3 aliphatic rings. The number of hydrogen-bond acceptors (Lipinski definition) is 4. The molecule has 3 aliphatic heterocycles. The molecule has 29 heavy (non-hydrogen) atoms. The van der Waals surface area contributed by atoms with E-state index in [1.165, 1.54) is 5.56 Å². The van der Waals surface area contributed by atoms with Crippen LogP contribution in [0.4, 0.5) is 5.69 Å². The molecule has 0 aliphatic carbocycles. The molecule has 5 rings (SSSR count). The van der Waals surface area contributed by atoms with Gasteiger partial charge in [-0.1, -0.05) is 18.2 Å². The Morgan fingerprint density at radius 3 is 2.52 bits per heavy atom. The fourth-order valence-corrected chi connectivity index (χ4v) is 5.06. The highest BCUT2D eigenvalue weighted by Crippen LogP contribution is 2.42. The average molecular weight is 391 g/mol. The number of carbonyl (C=O) groups is 3. The number of imide groups is 1. The number of nitrogens with one attached hydrogen (secondary N) is 2. The minimum atomic E-state index is -0.630. The lowest BCUT2D eigenvalue weighted by Crippen LogP contribution is -2.53. The molecule has 6 nitrogen and oxygen atoms in total. The van der Waals surface area contributed by atoms with Crippen molar-refractivity contribution in [2.75, 3.05) is 18.0 Å². The van der Waals surface area contributed by atoms with Crippen molar-refractivity contribution in [2.24, 2.45) is 0 Å². The monoisotopic (exact) mass is 391 g/mol. The lowest BCUT2D eigenvalue weighted by atomic mass is 9.86. The van der Waals surface area contributed by atoms with Crippen molar-refractivity contribution >= 4 is 34.2 Å². The molecule has 3 amide bonds.